The number of hydrogen-bond donors (Lipinski definition) is 1. The Bertz CT molecular complexity index is 1110. The number of fused-ring (bicyclic) bond motifs is 3. The minimum atomic E-state index is -0.863. The maximum Gasteiger partial charge on any atom is 0.407 e. The van der Waals surface area contributed by atoms with Crippen LogP contribution < -0.4 is 4.90 Å². The van der Waals surface area contributed by atoms with Crippen LogP contribution in [0.15, 0.2) is 28.1 Å². The molecule has 2 atom stereocenters. The van der Waals surface area contributed by atoms with Crippen LogP contribution in [0.25, 0.3) is 21.7 Å². The highest BCUT2D eigenvalue weighted by molar-refractivity contribution is 7.13. The zero-order valence-corrected chi connectivity index (χ0v) is 17.4. The first-order valence-electron chi connectivity index (χ1n) is 9.74. The topological polar surface area (TPSA) is 103 Å². The third-order valence-corrected chi connectivity index (χ3v) is 6.57. The Hall–Kier alpha value is -3.14. The van der Waals surface area contributed by atoms with Crippen LogP contribution in [-0.2, 0) is 0 Å². The predicted octanol–water partition coefficient (Wildman–Crippen LogP) is 2.98. The number of anilines is 1. The van der Waals surface area contributed by atoms with Gasteiger partial charge in [0.05, 0.1) is 17.6 Å². The van der Waals surface area contributed by atoms with E-state index in [-0.39, 0.29) is 18.0 Å². The highest BCUT2D eigenvalue weighted by atomic mass is 32.1. The number of hydrogen-bond acceptors (Lipinski definition) is 7. The predicted molar refractivity (Wildman–Crippen MR) is 112 cm³/mol. The molecule has 1 aromatic carbocycles. The van der Waals surface area contributed by atoms with Crippen LogP contribution in [0.1, 0.15) is 23.2 Å². The van der Waals surface area contributed by atoms with E-state index in [1.165, 1.54) is 16.2 Å². The van der Waals surface area contributed by atoms with E-state index in [1.807, 2.05) is 10.3 Å². The van der Waals surface area contributed by atoms with Gasteiger partial charge in [-0.1, -0.05) is 0 Å². The molecule has 3 aromatic rings. The minimum Gasteiger partial charge on any atom is -0.465 e. The number of carboxylic acid groups (broad SMARTS) is 1. The standard InChI is InChI=1S/C20H21N5O4S/c1-23(2)18(26)11-7-14(17-21-5-6-30-17)16-15(8-11)22-19(29-16)24-9-12-3-4-13(10-24)25(12)20(27)28/h5-8,12-13H,3-4,9-10H2,1-2H3,(H,27,28). The summed E-state index contributed by atoms with van der Waals surface area (Å²) in [6, 6.07) is 3.88. The molecule has 4 heterocycles. The lowest BCUT2D eigenvalue weighted by Crippen LogP contribution is -2.55. The Kier molecular flexibility index (Phi) is 4.39. The largest absolute Gasteiger partial charge is 0.465 e. The molecule has 9 nitrogen and oxygen atoms in total. The summed E-state index contributed by atoms with van der Waals surface area (Å²) < 4.78 is 6.17. The molecule has 5 rings (SSSR count). The van der Waals surface area contributed by atoms with Crippen molar-refractivity contribution in [3.05, 3.63) is 29.3 Å². The summed E-state index contributed by atoms with van der Waals surface area (Å²) >= 11 is 1.47. The fourth-order valence-corrected chi connectivity index (χ4v) is 5.08. The van der Waals surface area contributed by atoms with Crippen LogP contribution in [0, 0.1) is 0 Å². The first kappa shape index (κ1) is 18.9. The zero-order valence-electron chi connectivity index (χ0n) is 16.6. The molecular weight excluding hydrogens is 406 g/mol. The Morgan fingerprint density at radius 2 is 1.97 bits per heavy atom. The van der Waals surface area contributed by atoms with Crippen LogP contribution in [0.5, 0.6) is 0 Å². The summed E-state index contributed by atoms with van der Waals surface area (Å²) in [6.45, 7) is 1.09. The SMILES string of the molecule is CN(C)C(=O)c1cc(-c2nccs2)c2oc(N3CC4CCC(C3)N4C(=O)O)nc2c1. The highest BCUT2D eigenvalue weighted by Gasteiger charge is 2.43. The molecule has 2 aliphatic rings. The van der Waals surface area contributed by atoms with E-state index in [0.29, 0.717) is 35.8 Å². The van der Waals surface area contributed by atoms with Crippen molar-refractivity contribution in [1.29, 1.82) is 0 Å². The molecule has 1 N–H and O–H groups in total. The molecule has 2 amide bonds. The van der Waals surface area contributed by atoms with Gasteiger partial charge in [0.15, 0.2) is 5.58 Å². The van der Waals surface area contributed by atoms with Crippen LogP contribution >= 0.6 is 11.3 Å². The number of nitrogens with zero attached hydrogens (tertiary/aromatic N) is 5. The van der Waals surface area contributed by atoms with Gasteiger partial charge < -0.3 is 19.3 Å². The summed E-state index contributed by atoms with van der Waals surface area (Å²) in [5.74, 6) is -0.118. The van der Waals surface area contributed by atoms with Crippen molar-refractivity contribution in [2.24, 2.45) is 0 Å². The quantitative estimate of drug-likeness (QED) is 0.685. The fraction of sp³-hybridized carbons (Fsp3) is 0.400. The number of oxazole rings is 1. The third-order valence-electron chi connectivity index (χ3n) is 5.77. The number of thiazole rings is 1. The molecule has 10 heteroatoms. The van der Waals surface area contributed by atoms with Gasteiger partial charge >= 0.3 is 6.09 Å². The number of rotatable bonds is 3. The Balaban J connectivity index is 1.56. The number of aromatic nitrogens is 2. The first-order chi connectivity index (χ1) is 14.4. The lowest BCUT2D eigenvalue weighted by Gasteiger charge is -2.38. The average molecular weight is 427 g/mol. The van der Waals surface area contributed by atoms with E-state index in [4.69, 9.17) is 4.42 Å². The summed E-state index contributed by atoms with van der Waals surface area (Å²) in [4.78, 5) is 38.3. The average Bonchev–Trinajstić information content (AvgIpc) is 3.44. The van der Waals surface area contributed by atoms with Gasteiger partial charge in [-0.3, -0.25) is 9.69 Å². The molecule has 0 radical (unpaired) electrons. The van der Waals surface area contributed by atoms with Gasteiger partial charge in [-0.25, -0.2) is 9.78 Å². The van der Waals surface area contributed by atoms with Gasteiger partial charge in [0, 0.05) is 44.3 Å². The highest BCUT2D eigenvalue weighted by Crippen LogP contribution is 2.37. The van der Waals surface area contributed by atoms with Gasteiger partial charge in [-0.15, -0.1) is 11.3 Å². The lowest BCUT2D eigenvalue weighted by molar-refractivity contribution is 0.0827. The fourth-order valence-electron chi connectivity index (χ4n) is 4.42. The first-order valence-corrected chi connectivity index (χ1v) is 10.6. The number of carbonyl (C=O) groups is 2. The van der Waals surface area contributed by atoms with E-state index in [1.54, 1.807) is 37.3 Å². The van der Waals surface area contributed by atoms with Crippen molar-refractivity contribution in [1.82, 2.24) is 19.8 Å². The van der Waals surface area contributed by atoms with Gasteiger partial charge in [0.25, 0.3) is 11.9 Å². The van der Waals surface area contributed by atoms with Crippen LogP contribution in [0.2, 0.25) is 0 Å². The molecule has 0 spiro atoms. The Morgan fingerprint density at radius 1 is 1.23 bits per heavy atom. The molecule has 156 valence electrons. The molecule has 2 fully saturated rings. The second kappa shape index (κ2) is 6.98. The van der Waals surface area contributed by atoms with Crippen molar-refractivity contribution in [3.63, 3.8) is 0 Å². The van der Waals surface area contributed by atoms with Crippen molar-refractivity contribution >= 4 is 40.5 Å². The van der Waals surface area contributed by atoms with Crippen molar-refractivity contribution in [2.75, 3.05) is 32.1 Å². The van der Waals surface area contributed by atoms with Crippen molar-refractivity contribution < 1.29 is 19.1 Å². The molecule has 30 heavy (non-hydrogen) atoms. The summed E-state index contributed by atoms with van der Waals surface area (Å²) in [6.07, 6.45) is 2.54. The maximum absolute atomic E-state index is 12.6. The number of amides is 2. The number of piperazine rings is 1. The maximum atomic E-state index is 12.6. The van der Waals surface area contributed by atoms with E-state index in [9.17, 15) is 14.7 Å². The molecule has 0 saturated carbocycles. The van der Waals surface area contributed by atoms with Gasteiger partial charge in [0.1, 0.15) is 10.5 Å². The summed E-state index contributed by atoms with van der Waals surface area (Å²) in [5.41, 5.74) is 2.44. The third kappa shape index (κ3) is 2.98. The van der Waals surface area contributed by atoms with E-state index >= 15 is 0 Å². The van der Waals surface area contributed by atoms with Crippen molar-refractivity contribution in [2.45, 2.75) is 24.9 Å². The summed E-state index contributed by atoms with van der Waals surface area (Å²) in [5, 5.41) is 12.1. The number of carbonyl (C=O) groups excluding carboxylic acids is 1. The van der Waals surface area contributed by atoms with Crippen molar-refractivity contribution in [3.8, 4) is 10.6 Å². The molecular formula is C20H21N5O4S. The van der Waals surface area contributed by atoms with E-state index in [0.717, 1.165) is 23.4 Å². The smallest absolute Gasteiger partial charge is 0.407 e. The Morgan fingerprint density at radius 3 is 2.57 bits per heavy atom. The second-order valence-corrected chi connectivity index (χ2v) is 8.78. The molecule has 2 saturated heterocycles. The van der Waals surface area contributed by atoms with Gasteiger partial charge in [-0.2, -0.15) is 4.98 Å². The minimum absolute atomic E-state index is 0.0550. The monoisotopic (exact) mass is 427 g/mol. The molecule has 2 aliphatic heterocycles. The number of benzene rings is 1. The Labute approximate surface area is 176 Å². The summed E-state index contributed by atoms with van der Waals surface area (Å²) in [7, 11) is 3.42. The normalized spacial score (nSPS) is 20.7. The van der Waals surface area contributed by atoms with E-state index < -0.39 is 6.09 Å². The van der Waals surface area contributed by atoms with Crippen LogP contribution in [0.3, 0.4) is 0 Å². The molecule has 2 aromatic heterocycles. The van der Waals surface area contributed by atoms with Gasteiger partial charge in [0.2, 0.25) is 0 Å². The lowest BCUT2D eigenvalue weighted by atomic mass is 10.1. The second-order valence-electron chi connectivity index (χ2n) is 7.89. The molecule has 2 bridgehead atoms. The molecule has 2 unspecified atom stereocenters. The zero-order chi connectivity index (χ0) is 21.0. The van der Waals surface area contributed by atoms with Crippen LogP contribution in [0.4, 0.5) is 10.8 Å². The van der Waals surface area contributed by atoms with Gasteiger partial charge in [-0.05, 0) is 25.0 Å². The van der Waals surface area contributed by atoms with Crippen LogP contribution in [-0.4, -0.2) is 76.1 Å². The van der Waals surface area contributed by atoms with E-state index in [2.05, 4.69) is 9.97 Å². The molecule has 0 aliphatic carbocycles.